The molecule has 2 amide bonds. The summed E-state index contributed by atoms with van der Waals surface area (Å²) < 4.78 is 4.60. The molecule has 0 aromatic heterocycles. The molecule has 1 aromatic rings. The van der Waals surface area contributed by atoms with Crippen molar-refractivity contribution in [2.24, 2.45) is 0 Å². The highest BCUT2D eigenvalue weighted by Crippen LogP contribution is 2.72. The highest BCUT2D eigenvalue weighted by molar-refractivity contribution is 8.02. The van der Waals surface area contributed by atoms with Crippen molar-refractivity contribution in [2.45, 2.75) is 41.5 Å². The molecule has 2 saturated heterocycles. The van der Waals surface area contributed by atoms with Crippen LogP contribution in [0.5, 0.6) is 0 Å². The van der Waals surface area contributed by atoms with Gasteiger partial charge < -0.3 is 15.0 Å². The number of nitrogens with zero attached hydrogens (tertiary/aromatic N) is 1. The molecule has 126 valence electrons. The van der Waals surface area contributed by atoms with Gasteiger partial charge in [0.25, 0.3) is 0 Å². The lowest BCUT2D eigenvalue weighted by atomic mass is 10.00. The molecule has 1 aromatic carbocycles. The highest BCUT2D eigenvalue weighted by Gasteiger charge is 2.85. The van der Waals surface area contributed by atoms with Crippen LogP contribution in [0.15, 0.2) is 30.3 Å². The number of β-lactam (4-membered cyclic amide) rings is 1. The Balaban J connectivity index is 1.45. The predicted molar refractivity (Wildman–Crippen MR) is 88.1 cm³/mol. The van der Waals surface area contributed by atoms with Gasteiger partial charge in [-0.25, -0.2) is 4.79 Å². The third kappa shape index (κ3) is 1.87. The molecule has 1 aliphatic carbocycles. The first-order valence-electron chi connectivity index (χ1n) is 7.86. The molecule has 24 heavy (non-hydrogen) atoms. The summed E-state index contributed by atoms with van der Waals surface area (Å²) in [6, 6.07) is 8.84. The number of benzene rings is 1. The summed E-state index contributed by atoms with van der Waals surface area (Å²) >= 11 is 1.58. The molecular formula is C17H18N2O4S. The third-order valence-electron chi connectivity index (χ3n) is 5.23. The van der Waals surface area contributed by atoms with Gasteiger partial charge in [0.15, 0.2) is 5.54 Å². The lowest BCUT2D eigenvalue weighted by molar-refractivity contribution is -0.165. The van der Waals surface area contributed by atoms with Gasteiger partial charge in [-0.15, -0.1) is 11.8 Å². The van der Waals surface area contributed by atoms with Gasteiger partial charge in [0, 0.05) is 6.42 Å². The number of fused-ring (bicyclic) bond motifs is 3. The second kappa shape index (κ2) is 4.99. The largest absolute Gasteiger partial charge is 0.467 e. The predicted octanol–water partition coefficient (Wildman–Crippen LogP) is 0.703. The molecular weight excluding hydrogens is 328 g/mol. The van der Waals surface area contributed by atoms with Crippen molar-refractivity contribution in [3.63, 3.8) is 0 Å². The van der Waals surface area contributed by atoms with E-state index >= 15 is 0 Å². The molecule has 3 aliphatic rings. The molecule has 0 radical (unpaired) electrons. The van der Waals surface area contributed by atoms with Crippen LogP contribution in [-0.2, 0) is 25.5 Å². The highest BCUT2D eigenvalue weighted by atomic mass is 32.2. The number of hydrogen-bond acceptors (Lipinski definition) is 5. The lowest BCUT2D eigenvalue weighted by Gasteiger charge is -2.46. The average molecular weight is 346 g/mol. The van der Waals surface area contributed by atoms with Gasteiger partial charge in [0.2, 0.25) is 11.8 Å². The first-order valence-corrected chi connectivity index (χ1v) is 8.74. The lowest BCUT2D eigenvalue weighted by Crippen LogP contribution is -2.72. The molecule has 1 saturated carbocycles. The van der Waals surface area contributed by atoms with E-state index in [1.165, 1.54) is 7.11 Å². The van der Waals surface area contributed by atoms with Crippen LogP contribution in [0.3, 0.4) is 0 Å². The summed E-state index contributed by atoms with van der Waals surface area (Å²) in [5, 5.41) is 2.63. The number of esters is 1. The zero-order valence-corrected chi connectivity index (χ0v) is 14.3. The van der Waals surface area contributed by atoms with Gasteiger partial charge in [-0.3, -0.25) is 9.59 Å². The van der Waals surface area contributed by atoms with E-state index in [0.717, 1.165) is 5.56 Å². The van der Waals surface area contributed by atoms with Gasteiger partial charge >= 0.3 is 5.97 Å². The van der Waals surface area contributed by atoms with E-state index in [4.69, 9.17) is 4.74 Å². The number of carbonyl (C=O) groups excluding carboxylic acids is 3. The molecule has 2 aliphatic heterocycles. The van der Waals surface area contributed by atoms with Gasteiger partial charge in [0.1, 0.15) is 11.4 Å². The van der Waals surface area contributed by atoms with Crippen LogP contribution in [0.2, 0.25) is 0 Å². The summed E-state index contributed by atoms with van der Waals surface area (Å²) in [5.74, 6) is -0.736. The number of carbonyl (C=O) groups is 3. The molecule has 0 spiro atoms. The normalized spacial score (nSPS) is 35.6. The molecule has 1 N–H and O–H groups in total. The number of thioether (sulfide) groups is 1. The molecule has 4 atom stereocenters. The van der Waals surface area contributed by atoms with Gasteiger partial charge in [-0.1, -0.05) is 30.3 Å². The quantitative estimate of drug-likeness (QED) is 0.642. The first kappa shape index (κ1) is 15.5. The van der Waals surface area contributed by atoms with Crippen LogP contribution >= 0.6 is 11.8 Å². The standard InChI is InChI=1S/C17H18N2O4S/c1-16-9-17(16,15(22)23-2)19-13(21)12(14(19)24-16)18-11(20)8-10-6-4-3-5-7-10/h3-7,12,14H,8-9H2,1-2H3,(H,18,20)/t12-,14-,16-,17-/m1/s1. The van der Waals surface area contributed by atoms with Gasteiger partial charge in [0.05, 0.1) is 18.3 Å². The fraction of sp³-hybridized carbons (Fsp3) is 0.471. The molecule has 0 unspecified atom stereocenters. The van der Waals surface area contributed by atoms with Crippen molar-refractivity contribution in [2.75, 3.05) is 7.11 Å². The zero-order valence-electron chi connectivity index (χ0n) is 13.4. The second-order valence-corrected chi connectivity index (χ2v) is 8.30. The Bertz CT molecular complexity index is 739. The monoisotopic (exact) mass is 346 g/mol. The number of ether oxygens (including phenoxy) is 1. The fourth-order valence-electron chi connectivity index (χ4n) is 3.87. The zero-order chi connectivity index (χ0) is 17.1. The smallest absolute Gasteiger partial charge is 0.333 e. The molecule has 2 heterocycles. The Hall–Kier alpha value is -2.02. The third-order valence-corrected chi connectivity index (χ3v) is 6.95. The Morgan fingerprint density at radius 2 is 2.08 bits per heavy atom. The minimum atomic E-state index is -0.838. The Morgan fingerprint density at radius 3 is 2.75 bits per heavy atom. The Labute approximate surface area is 143 Å². The minimum Gasteiger partial charge on any atom is -0.467 e. The van der Waals surface area contributed by atoms with Crippen LogP contribution < -0.4 is 5.32 Å². The molecule has 3 fully saturated rings. The van der Waals surface area contributed by atoms with E-state index in [1.807, 2.05) is 37.3 Å². The Kier molecular flexibility index (Phi) is 3.22. The van der Waals surface area contributed by atoms with Crippen molar-refractivity contribution < 1.29 is 19.1 Å². The summed E-state index contributed by atoms with van der Waals surface area (Å²) in [5.41, 5.74) is 0.0630. The van der Waals surface area contributed by atoms with Gasteiger partial charge in [-0.05, 0) is 12.5 Å². The molecule has 7 heteroatoms. The Morgan fingerprint density at radius 1 is 1.38 bits per heavy atom. The average Bonchev–Trinajstić information content (AvgIpc) is 3.11. The summed E-state index contributed by atoms with van der Waals surface area (Å²) in [6.07, 6.45) is 0.853. The number of methoxy groups -OCH3 is 1. The van der Waals surface area contributed by atoms with Gasteiger partial charge in [-0.2, -0.15) is 0 Å². The number of rotatable bonds is 4. The number of nitrogens with one attached hydrogen (secondary N) is 1. The summed E-state index contributed by atoms with van der Waals surface area (Å²) in [7, 11) is 1.34. The maximum atomic E-state index is 12.5. The fourth-order valence-corrected chi connectivity index (χ4v) is 5.79. The van der Waals surface area contributed by atoms with Crippen molar-refractivity contribution in [3.8, 4) is 0 Å². The van der Waals surface area contributed by atoms with Crippen molar-refractivity contribution in [1.82, 2.24) is 10.2 Å². The van der Waals surface area contributed by atoms with Crippen LogP contribution in [0.1, 0.15) is 18.9 Å². The minimum absolute atomic E-state index is 0.183. The number of hydrogen-bond donors (Lipinski definition) is 1. The maximum Gasteiger partial charge on any atom is 0.333 e. The van der Waals surface area contributed by atoms with Crippen LogP contribution in [-0.4, -0.2) is 51.5 Å². The second-order valence-electron chi connectivity index (χ2n) is 6.68. The van der Waals surface area contributed by atoms with E-state index in [2.05, 4.69) is 5.32 Å². The van der Waals surface area contributed by atoms with E-state index in [0.29, 0.717) is 6.42 Å². The molecule has 6 nitrogen and oxygen atoms in total. The van der Waals surface area contributed by atoms with Crippen molar-refractivity contribution >= 4 is 29.5 Å². The van der Waals surface area contributed by atoms with Crippen molar-refractivity contribution in [1.29, 1.82) is 0 Å². The maximum absolute atomic E-state index is 12.5. The number of amides is 2. The summed E-state index contributed by atoms with van der Waals surface area (Å²) in [6.45, 7) is 1.98. The van der Waals surface area contributed by atoms with E-state index < -0.39 is 11.6 Å². The van der Waals surface area contributed by atoms with Crippen LogP contribution in [0.4, 0.5) is 0 Å². The molecule has 0 bridgehead atoms. The van der Waals surface area contributed by atoms with Crippen LogP contribution in [0, 0.1) is 0 Å². The van der Waals surface area contributed by atoms with E-state index in [1.54, 1.807) is 16.7 Å². The topological polar surface area (TPSA) is 75.7 Å². The van der Waals surface area contributed by atoms with E-state index in [-0.39, 0.29) is 34.3 Å². The van der Waals surface area contributed by atoms with Crippen LogP contribution in [0.25, 0.3) is 0 Å². The summed E-state index contributed by atoms with van der Waals surface area (Å²) in [4.78, 5) is 38.5. The van der Waals surface area contributed by atoms with E-state index in [9.17, 15) is 14.4 Å². The van der Waals surface area contributed by atoms with Crippen molar-refractivity contribution in [3.05, 3.63) is 35.9 Å². The SMILES string of the molecule is COC(=O)[C@]12C[C@@]1(C)S[C@@H]1[C@H](NC(=O)Cc3ccccc3)C(=O)N12. The molecule has 4 rings (SSSR count). The first-order chi connectivity index (χ1) is 11.4.